The summed E-state index contributed by atoms with van der Waals surface area (Å²) in [6.07, 6.45) is 0. The summed E-state index contributed by atoms with van der Waals surface area (Å²) in [5, 5.41) is 0. The van der Waals surface area contributed by atoms with Crippen molar-refractivity contribution >= 4 is 11.9 Å². The van der Waals surface area contributed by atoms with E-state index in [2.05, 4.69) is 13.2 Å². The molecule has 4 heteroatoms. The topological polar surface area (TPSA) is 52.6 Å². The summed E-state index contributed by atoms with van der Waals surface area (Å²) in [5.74, 6) is 0.00961. The van der Waals surface area contributed by atoms with Crippen molar-refractivity contribution in [1.29, 1.82) is 0 Å². The van der Waals surface area contributed by atoms with Crippen molar-refractivity contribution in [3.63, 3.8) is 0 Å². The van der Waals surface area contributed by atoms with Crippen LogP contribution in [-0.4, -0.2) is 11.9 Å². The minimum Gasteiger partial charge on any atom is -0.423 e. The molecule has 0 saturated heterocycles. The third-order valence-corrected chi connectivity index (χ3v) is 3.16. The van der Waals surface area contributed by atoms with Gasteiger partial charge in [0.1, 0.15) is 11.5 Å². The minimum absolute atomic E-state index is 0.346. The largest absolute Gasteiger partial charge is 0.423 e. The fourth-order valence-electron chi connectivity index (χ4n) is 1.82. The predicted octanol–water partition coefficient (Wildman–Crippen LogP) is 4.32. The fourth-order valence-corrected chi connectivity index (χ4v) is 1.82. The van der Waals surface area contributed by atoms with Gasteiger partial charge in [-0.15, -0.1) is 0 Å². The fraction of sp³-hybridized carbons (Fsp3) is 0.100. The van der Waals surface area contributed by atoms with Gasteiger partial charge in [0.2, 0.25) is 0 Å². The van der Waals surface area contributed by atoms with Gasteiger partial charge in [0.05, 0.1) is 0 Å². The Bertz CT molecular complexity index is 714. The van der Waals surface area contributed by atoms with Crippen LogP contribution in [0.5, 0.6) is 11.5 Å². The Kier molecular flexibility index (Phi) is 5.32. The lowest BCUT2D eigenvalue weighted by atomic mass is 10.1. The normalized spacial score (nSPS) is 9.92. The maximum absolute atomic E-state index is 11.5. The Balaban J connectivity index is 2.09. The summed E-state index contributed by atoms with van der Waals surface area (Å²) in [4.78, 5) is 22.9. The third kappa shape index (κ3) is 4.43. The molecule has 0 aliphatic carbocycles. The summed E-state index contributed by atoms with van der Waals surface area (Å²) >= 11 is 0. The first-order chi connectivity index (χ1) is 11.4. The molecule has 122 valence electrons. The number of carbonyl (C=O) groups excluding carboxylic acids is 2. The second-order valence-corrected chi connectivity index (χ2v) is 5.39. The smallest absolute Gasteiger partial charge is 0.338 e. The van der Waals surface area contributed by atoms with Crippen molar-refractivity contribution in [2.24, 2.45) is 0 Å². The van der Waals surface area contributed by atoms with Crippen LogP contribution in [0.2, 0.25) is 0 Å². The Labute approximate surface area is 141 Å². The molecule has 0 aliphatic rings. The lowest BCUT2D eigenvalue weighted by Gasteiger charge is -2.07. The number of esters is 2. The molecule has 0 spiro atoms. The van der Waals surface area contributed by atoms with Crippen molar-refractivity contribution in [3.8, 4) is 22.6 Å². The van der Waals surface area contributed by atoms with E-state index in [9.17, 15) is 9.59 Å². The molecule has 0 aromatic heterocycles. The van der Waals surface area contributed by atoms with Gasteiger partial charge in [-0.2, -0.15) is 0 Å². The highest BCUT2D eigenvalue weighted by Crippen LogP contribution is 2.25. The third-order valence-electron chi connectivity index (χ3n) is 3.16. The van der Waals surface area contributed by atoms with Gasteiger partial charge in [0.15, 0.2) is 0 Å². The quantitative estimate of drug-likeness (QED) is 0.467. The molecular weight excluding hydrogens is 304 g/mol. The van der Waals surface area contributed by atoms with E-state index in [1.165, 1.54) is 0 Å². The van der Waals surface area contributed by atoms with Crippen molar-refractivity contribution < 1.29 is 19.1 Å². The number of carbonyl (C=O) groups is 2. The molecule has 0 atom stereocenters. The van der Waals surface area contributed by atoms with E-state index in [-0.39, 0.29) is 0 Å². The zero-order chi connectivity index (χ0) is 17.7. The average Bonchev–Trinajstić information content (AvgIpc) is 2.56. The lowest BCUT2D eigenvalue weighted by Crippen LogP contribution is -2.08. The van der Waals surface area contributed by atoms with Crippen molar-refractivity contribution in [1.82, 2.24) is 0 Å². The monoisotopic (exact) mass is 322 g/mol. The molecule has 0 radical (unpaired) electrons. The van der Waals surface area contributed by atoms with Crippen LogP contribution in [0.15, 0.2) is 72.8 Å². The standard InChI is InChI=1S/C20H18O4/c1-13(2)19(21)23-17-9-5-15(6-10-17)16-7-11-18(12-8-16)24-20(22)14(3)4/h5-12H,1,3H2,2,4H3. The first-order valence-corrected chi connectivity index (χ1v) is 7.32. The number of benzene rings is 2. The maximum Gasteiger partial charge on any atom is 0.338 e. The zero-order valence-corrected chi connectivity index (χ0v) is 13.7. The number of rotatable bonds is 5. The Morgan fingerprint density at radius 2 is 0.958 bits per heavy atom. The number of hydrogen-bond acceptors (Lipinski definition) is 4. The van der Waals surface area contributed by atoms with Crippen LogP contribution >= 0.6 is 0 Å². The molecular formula is C20H18O4. The van der Waals surface area contributed by atoms with Crippen LogP contribution in [0.3, 0.4) is 0 Å². The van der Waals surface area contributed by atoms with E-state index in [0.717, 1.165) is 11.1 Å². The van der Waals surface area contributed by atoms with Gasteiger partial charge < -0.3 is 9.47 Å². The van der Waals surface area contributed by atoms with Gasteiger partial charge >= 0.3 is 11.9 Å². The minimum atomic E-state index is -0.452. The second-order valence-electron chi connectivity index (χ2n) is 5.39. The highest BCUT2D eigenvalue weighted by atomic mass is 16.5. The van der Waals surface area contributed by atoms with E-state index >= 15 is 0 Å². The maximum atomic E-state index is 11.5. The Morgan fingerprint density at radius 3 is 1.21 bits per heavy atom. The van der Waals surface area contributed by atoms with E-state index in [4.69, 9.17) is 9.47 Å². The second kappa shape index (κ2) is 7.42. The van der Waals surface area contributed by atoms with Crippen LogP contribution in [0.1, 0.15) is 13.8 Å². The zero-order valence-electron chi connectivity index (χ0n) is 13.7. The van der Waals surface area contributed by atoms with Gasteiger partial charge in [-0.3, -0.25) is 0 Å². The number of hydrogen-bond donors (Lipinski definition) is 0. The van der Waals surface area contributed by atoms with Crippen molar-refractivity contribution in [2.75, 3.05) is 0 Å². The van der Waals surface area contributed by atoms with Crippen LogP contribution < -0.4 is 9.47 Å². The molecule has 2 aromatic rings. The van der Waals surface area contributed by atoms with Crippen molar-refractivity contribution in [2.45, 2.75) is 13.8 Å². The first kappa shape index (κ1) is 17.2. The molecule has 24 heavy (non-hydrogen) atoms. The average molecular weight is 322 g/mol. The molecule has 0 amide bonds. The van der Waals surface area contributed by atoms with Crippen molar-refractivity contribution in [3.05, 3.63) is 72.8 Å². The van der Waals surface area contributed by atoms with E-state index in [1.54, 1.807) is 38.1 Å². The summed E-state index contributed by atoms with van der Waals surface area (Å²) in [6, 6.07) is 14.2. The lowest BCUT2D eigenvalue weighted by molar-refractivity contribution is -0.130. The predicted molar refractivity (Wildman–Crippen MR) is 92.8 cm³/mol. The van der Waals surface area contributed by atoms with E-state index < -0.39 is 11.9 Å². The number of ether oxygens (including phenoxy) is 2. The molecule has 2 aromatic carbocycles. The van der Waals surface area contributed by atoms with Crippen LogP contribution in [-0.2, 0) is 9.59 Å². The molecule has 0 fully saturated rings. The molecule has 0 saturated carbocycles. The molecule has 0 heterocycles. The molecule has 2 rings (SSSR count). The molecule has 0 unspecified atom stereocenters. The summed E-state index contributed by atoms with van der Waals surface area (Å²) < 4.78 is 10.3. The molecule has 4 nitrogen and oxygen atoms in total. The van der Waals surface area contributed by atoms with E-state index in [0.29, 0.717) is 22.6 Å². The van der Waals surface area contributed by atoms with Crippen LogP contribution in [0, 0.1) is 0 Å². The first-order valence-electron chi connectivity index (χ1n) is 7.32. The van der Waals surface area contributed by atoms with Gasteiger partial charge in [0.25, 0.3) is 0 Å². The highest BCUT2D eigenvalue weighted by Gasteiger charge is 2.07. The molecule has 0 bridgehead atoms. The summed E-state index contributed by atoms with van der Waals surface area (Å²) in [5.41, 5.74) is 2.59. The van der Waals surface area contributed by atoms with E-state index in [1.807, 2.05) is 24.3 Å². The highest BCUT2D eigenvalue weighted by molar-refractivity contribution is 5.89. The van der Waals surface area contributed by atoms with Gasteiger partial charge in [-0.25, -0.2) is 9.59 Å². The molecule has 0 aliphatic heterocycles. The van der Waals surface area contributed by atoms with Crippen LogP contribution in [0.4, 0.5) is 0 Å². The van der Waals surface area contributed by atoms with Gasteiger partial charge in [0, 0.05) is 11.1 Å². The Morgan fingerprint density at radius 1 is 0.667 bits per heavy atom. The molecule has 0 N–H and O–H groups in total. The van der Waals surface area contributed by atoms with Crippen LogP contribution in [0.25, 0.3) is 11.1 Å². The van der Waals surface area contributed by atoms with Gasteiger partial charge in [-0.1, -0.05) is 37.4 Å². The SMILES string of the molecule is C=C(C)C(=O)Oc1ccc(-c2ccc(OC(=O)C(=C)C)cc2)cc1. The van der Waals surface area contributed by atoms with Gasteiger partial charge in [-0.05, 0) is 49.2 Å². The summed E-state index contributed by atoms with van der Waals surface area (Å²) in [7, 11) is 0. The Hall–Kier alpha value is -3.14. The summed E-state index contributed by atoms with van der Waals surface area (Å²) in [6.45, 7) is 10.3.